The van der Waals surface area contributed by atoms with Gasteiger partial charge in [0.05, 0.1) is 12.1 Å². The molecule has 1 amide bonds. The molecule has 8 heteroatoms. The summed E-state index contributed by atoms with van der Waals surface area (Å²) in [5, 5.41) is 13.3. The first-order valence-electron chi connectivity index (χ1n) is 8.18. The van der Waals surface area contributed by atoms with Crippen LogP contribution in [0.3, 0.4) is 0 Å². The van der Waals surface area contributed by atoms with E-state index in [1.807, 2.05) is 30.3 Å². The number of nitrogens with zero attached hydrogens (tertiary/aromatic N) is 3. The normalized spacial score (nSPS) is 10.9. The predicted molar refractivity (Wildman–Crippen MR) is 97.8 cm³/mol. The number of hydrogen-bond acceptors (Lipinski definition) is 4. The number of fused-ring (bicyclic) bond motifs is 1. The summed E-state index contributed by atoms with van der Waals surface area (Å²) < 4.78 is 14.6. The lowest BCUT2D eigenvalue weighted by Gasteiger charge is -2.06. The first-order valence-corrected chi connectivity index (χ1v) is 8.18. The van der Waals surface area contributed by atoms with E-state index in [9.17, 15) is 14.0 Å². The molecule has 0 spiro atoms. The number of hydrogen-bond donors (Lipinski definition) is 2. The second kappa shape index (κ2) is 6.83. The molecular formula is C19H14FN5O2. The van der Waals surface area contributed by atoms with Crippen LogP contribution < -0.4 is 10.9 Å². The molecule has 2 aromatic carbocycles. The second-order valence-electron chi connectivity index (χ2n) is 5.90. The molecule has 0 bridgehead atoms. The standard InChI is InChI=1S/C19H14FN5O2/c20-13-7-4-8-14(9-13)21-18(26)11-17-22-23-19(27)16-10-15(24-25(16)17)12-5-2-1-3-6-12/h1-10H,11H2,(H,21,26)(H,23,27). The van der Waals surface area contributed by atoms with Crippen LogP contribution >= 0.6 is 0 Å². The maximum atomic E-state index is 13.2. The summed E-state index contributed by atoms with van der Waals surface area (Å²) in [5.74, 6) is -0.587. The zero-order valence-electron chi connectivity index (χ0n) is 14.0. The van der Waals surface area contributed by atoms with Crippen LogP contribution in [0.1, 0.15) is 5.82 Å². The van der Waals surface area contributed by atoms with Crippen LogP contribution in [0.5, 0.6) is 0 Å². The van der Waals surface area contributed by atoms with Gasteiger partial charge in [-0.25, -0.2) is 14.0 Å². The minimum Gasteiger partial charge on any atom is -0.326 e. The summed E-state index contributed by atoms with van der Waals surface area (Å²) >= 11 is 0. The van der Waals surface area contributed by atoms with Gasteiger partial charge in [-0.15, -0.1) is 0 Å². The predicted octanol–water partition coefficient (Wildman–Crippen LogP) is 2.40. The molecule has 0 aliphatic rings. The number of aromatic nitrogens is 4. The Morgan fingerprint density at radius 2 is 1.93 bits per heavy atom. The number of anilines is 1. The molecule has 0 aliphatic heterocycles. The number of carbonyl (C=O) groups excluding carboxylic acids is 1. The molecule has 0 atom stereocenters. The van der Waals surface area contributed by atoms with Gasteiger partial charge in [0.2, 0.25) is 5.91 Å². The van der Waals surface area contributed by atoms with E-state index in [4.69, 9.17) is 0 Å². The van der Waals surface area contributed by atoms with Gasteiger partial charge in [0, 0.05) is 11.3 Å². The van der Waals surface area contributed by atoms with E-state index in [-0.39, 0.29) is 17.8 Å². The smallest absolute Gasteiger partial charge is 0.290 e. The quantitative estimate of drug-likeness (QED) is 0.582. The Morgan fingerprint density at radius 3 is 2.70 bits per heavy atom. The highest BCUT2D eigenvalue weighted by Crippen LogP contribution is 2.18. The number of H-pyrrole nitrogens is 1. The molecule has 0 saturated carbocycles. The van der Waals surface area contributed by atoms with E-state index in [2.05, 4.69) is 20.6 Å². The number of amides is 1. The van der Waals surface area contributed by atoms with Crippen LogP contribution in [-0.4, -0.2) is 25.7 Å². The average molecular weight is 363 g/mol. The van der Waals surface area contributed by atoms with Gasteiger partial charge in [-0.2, -0.15) is 10.2 Å². The SMILES string of the molecule is O=C(Cc1n[nH]c(=O)c2cc(-c3ccccc3)nn12)Nc1cccc(F)c1. The number of carbonyl (C=O) groups is 1. The monoisotopic (exact) mass is 363 g/mol. The summed E-state index contributed by atoms with van der Waals surface area (Å²) in [6.45, 7) is 0. The van der Waals surface area contributed by atoms with Crippen molar-refractivity contribution in [3.8, 4) is 11.3 Å². The van der Waals surface area contributed by atoms with Crippen molar-refractivity contribution in [2.24, 2.45) is 0 Å². The van der Waals surface area contributed by atoms with Crippen LogP contribution in [0.4, 0.5) is 10.1 Å². The van der Waals surface area contributed by atoms with E-state index in [0.29, 0.717) is 11.4 Å². The minimum absolute atomic E-state index is 0.139. The Morgan fingerprint density at radius 1 is 1.11 bits per heavy atom. The fraction of sp³-hybridized carbons (Fsp3) is 0.0526. The lowest BCUT2D eigenvalue weighted by molar-refractivity contribution is -0.115. The molecule has 0 fully saturated rings. The van der Waals surface area contributed by atoms with E-state index >= 15 is 0 Å². The number of aromatic amines is 1. The van der Waals surface area contributed by atoms with Crippen LogP contribution in [0.25, 0.3) is 16.8 Å². The molecule has 2 heterocycles. The Bertz CT molecular complexity index is 1180. The van der Waals surface area contributed by atoms with Gasteiger partial charge in [-0.1, -0.05) is 36.4 Å². The van der Waals surface area contributed by atoms with Gasteiger partial charge in [0.15, 0.2) is 5.82 Å². The Labute approximate surface area is 152 Å². The van der Waals surface area contributed by atoms with Crippen LogP contribution in [0.15, 0.2) is 65.5 Å². The van der Waals surface area contributed by atoms with E-state index in [1.54, 1.807) is 12.1 Å². The molecule has 134 valence electrons. The summed E-state index contributed by atoms with van der Waals surface area (Å²) in [6.07, 6.45) is -0.139. The lowest BCUT2D eigenvalue weighted by atomic mass is 10.1. The van der Waals surface area contributed by atoms with E-state index in [0.717, 1.165) is 5.56 Å². The van der Waals surface area contributed by atoms with Gasteiger partial charge in [-0.3, -0.25) is 9.59 Å². The maximum Gasteiger partial charge on any atom is 0.290 e. The number of rotatable bonds is 4. The molecular weight excluding hydrogens is 349 g/mol. The molecule has 0 radical (unpaired) electrons. The van der Waals surface area contributed by atoms with Crippen molar-refractivity contribution in [1.29, 1.82) is 0 Å². The first-order chi connectivity index (χ1) is 13.1. The van der Waals surface area contributed by atoms with E-state index < -0.39 is 17.3 Å². The van der Waals surface area contributed by atoms with Crippen molar-refractivity contribution in [2.75, 3.05) is 5.32 Å². The minimum atomic E-state index is -0.447. The molecule has 4 aromatic rings. The van der Waals surface area contributed by atoms with Gasteiger partial charge in [-0.05, 0) is 24.3 Å². The largest absolute Gasteiger partial charge is 0.326 e. The van der Waals surface area contributed by atoms with Crippen molar-refractivity contribution >= 4 is 17.1 Å². The average Bonchev–Trinajstić information content (AvgIpc) is 3.11. The van der Waals surface area contributed by atoms with Crippen LogP contribution in [0.2, 0.25) is 0 Å². The van der Waals surface area contributed by atoms with Gasteiger partial charge in [0.1, 0.15) is 11.3 Å². The summed E-state index contributed by atoms with van der Waals surface area (Å²) in [4.78, 5) is 24.4. The van der Waals surface area contributed by atoms with Crippen molar-refractivity contribution in [3.63, 3.8) is 0 Å². The van der Waals surface area contributed by atoms with Crippen LogP contribution in [-0.2, 0) is 11.2 Å². The van der Waals surface area contributed by atoms with Crippen LogP contribution in [0, 0.1) is 5.82 Å². The third kappa shape index (κ3) is 3.45. The van der Waals surface area contributed by atoms with Crippen molar-refractivity contribution in [3.05, 3.63) is 82.7 Å². The fourth-order valence-electron chi connectivity index (χ4n) is 2.74. The third-order valence-electron chi connectivity index (χ3n) is 3.97. The summed E-state index contributed by atoms with van der Waals surface area (Å²) in [7, 11) is 0. The highest BCUT2D eigenvalue weighted by molar-refractivity contribution is 5.91. The zero-order chi connectivity index (χ0) is 18.8. The zero-order valence-corrected chi connectivity index (χ0v) is 14.0. The molecule has 2 N–H and O–H groups in total. The Kier molecular flexibility index (Phi) is 4.21. The molecule has 7 nitrogen and oxygen atoms in total. The first kappa shape index (κ1) is 16.6. The van der Waals surface area contributed by atoms with E-state index in [1.165, 1.54) is 22.7 Å². The fourth-order valence-corrected chi connectivity index (χ4v) is 2.74. The van der Waals surface area contributed by atoms with Gasteiger partial charge >= 0.3 is 0 Å². The molecule has 0 aliphatic carbocycles. The summed E-state index contributed by atoms with van der Waals surface area (Å²) in [6, 6.07) is 16.6. The Hall–Kier alpha value is -3.81. The summed E-state index contributed by atoms with van der Waals surface area (Å²) in [5.41, 5.74) is 1.67. The lowest BCUT2D eigenvalue weighted by Crippen LogP contribution is -2.22. The maximum absolute atomic E-state index is 13.2. The van der Waals surface area contributed by atoms with Gasteiger partial charge in [0.25, 0.3) is 5.56 Å². The topological polar surface area (TPSA) is 92.2 Å². The highest BCUT2D eigenvalue weighted by atomic mass is 19.1. The Balaban J connectivity index is 1.65. The second-order valence-corrected chi connectivity index (χ2v) is 5.90. The van der Waals surface area contributed by atoms with Crippen molar-refractivity contribution < 1.29 is 9.18 Å². The number of nitrogens with one attached hydrogen (secondary N) is 2. The van der Waals surface area contributed by atoms with Crippen molar-refractivity contribution in [1.82, 2.24) is 19.8 Å². The third-order valence-corrected chi connectivity index (χ3v) is 3.97. The highest BCUT2D eigenvalue weighted by Gasteiger charge is 2.15. The molecule has 0 unspecified atom stereocenters. The molecule has 27 heavy (non-hydrogen) atoms. The number of halogens is 1. The number of benzene rings is 2. The molecule has 0 saturated heterocycles. The van der Waals surface area contributed by atoms with Crippen molar-refractivity contribution in [2.45, 2.75) is 6.42 Å². The van der Waals surface area contributed by atoms with Gasteiger partial charge < -0.3 is 5.32 Å². The molecule has 2 aromatic heterocycles. The molecule has 4 rings (SSSR count).